The number of halogens is 1. The number of hydrogen-bond acceptors (Lipinski definition) is 3. The average Bonchev–Trinajstić information content (AvgIpc) is 2.38. The molecule has 1 aliphatic heterocycles. The highest BCUT2D eigenvalue weighted by Crippen LogP contribution is 2.27. The Kier molecular flexibility index (Phi) is 3.69. The molecule has 0 spiro atoms. The SMILES string of the molecule is NC(=O)c1c(F)cccc1N1CCC(C(=O)O)CC1. The van der Waals surface area contributed by atoms with Gasteiger partial charge in [-0.25, -0.2) is 4.39 Å². The molecule has 0 saturated carbocycles. The number of amides is 1. The number of piperidine rings is 1. The first-order valence-corrected chi connectivity index (χ1v) is 6.06. The molecule has 0 aromatic heterocycles. The lowest BCUT2D eigenvalue weighted by atomic mass is 9.96. The van der Waals surface area contributed by atoms with Gasteiger partial charge in [0.15, 0.2) is 0 Å². The number of carbonyl (C=O) groups is 2. The fourth-order valence-corrected chi connectivity index (χ4v) is 2.39. The zero-order valence-electron chi connectivity index (χ0n) is 10.3. The molecule has 1 heterocycles. The number of rotatable bonds is 3. The van der Waals surface area contributed by atoms with Gasteiger partial charge < -0.3 is 15.7 Å². The Hall–Kier alpha value is -2.11. The molecular formula is C13H15FN2O3. The maximum atomic E-state index is 13.6. The molecule has 0 bridgehead atoms. The van der Waals surface area contributed by atoms with E-state index in [2.05, 4.69) is 0 Å². The summed E-state index contributed by atoms with van der Waals surface area (Å²) in [5.74, 6) is -2.64. The smallest absolute Gasteiger partial charge is 0.306 e. The molecule has 3 N–H and O–H groups in total. The molecule has 1 amide bonds. The fraction of sp³-hybridized carbons (Fsp3) is 0.385. The normalized spacial score (nSPS) is 16.4. The number of primary amides is 1. The van der Waals surface area contributed by atoms with Crippen LogP contribution in [0.2, 0.25) is 0 Å². The molecule has 1 saturated heterocycles. The summed E-state index contributed by atoms with van der Waals surface area (Å²) in [6.07, 6.45) is 0.952. The lowest BCUT2D eigenvalue weighted by Gasteiger charge is -2.32. The van der Waals surface area contributed by atoms with Crippen molar-refractivity contribution in [2.45, 2.75) is 12.8 Å². The van der Waals surface area contributed by atoms with E-state index in [0.717, 1.165) is 0 Å². The van der Waals surface area contributed by atoms with Crippen LogP contribution in [-0.4, -0.2) is 30.1 Å². The molecule has 1 aromatic carbocycles. The molecule has 0 unspecified atom stereocenters. The predicted molar refractivity (Wildman–Crippen MR) is 67.5 cm³/mol. The zero-order chi connectivity index (χ0) is 14.0. The zero-order valence-corrected chi connectivity index (χ0v) is 10.3. The number of carbonyl (C=O) groups excluding carboxylic acids is 1. The van der Waals surface area contributed by atoms with Crippen LogP contribution in [0.5, 0.6) is 0 Å². The van der Waals surface area contributed by atoms with Crippen molar-refractivity contribution in [1.82, 2.24) is 0 Å². The molecule has 19 heavy (non-hydrogen) atoms. The van der Waals surface area contributed by atoms with E-state index in [9.17, 15) is 14.0 Å². The Morgan fingerprint density at radius 2 is 1.95 bits per heavy atom. The predicted octanol–water partition coefficient (Wildman–Crippen LogP) is 1.23. The van der Waals surface area contributed by atoms with E-state index < -0.39 is 17.7 Å². The minimum Gasteiger partial charge on any atom is -0.481 e. The Balaban J connectivity index is 2.22. The van der Waals surface area contributed by atoms with E-state index in [-0.39, 0.29) is 11.5 Å². The number of carboxylic acid groups (broad SMARTS) is 1. The summed E-state index contributed by atoms with van der Waals surface area (Å²) in [6, 6.07) is 4.33. The lowest BCUT2D eigenvalue weighted by molar-refractivity contribution is -0.142. The largest absolute Gasteiger partial charge is 0.481 e. The van der Waals surface area contributed by atoms with Crippen LogP contribution in [0.3, 0.4) is 0 Å². The first kappa shape index (κ1) is 13.3. The maximum absolute atomic E-state index is 13.6. The van der Waals surface area contributed by atoms with Gasteiger partial charge in [0.2, 0.25) is 0 Å². The molecule has 5 nitrogen and oxygen atoms in total. The minimum atomic E-state index is -0.812. The topological polar surface area (TPSA) is 83.6 Å². The molecular weight excluding hydrogens is 251 g/mol. The van der Waals surface area contributed by atoms with E-state index in [4.69, 9.17) is 10.8 Å². The first-order valence-electron chi connectivity index (χ1n) is 6.06. The summed E-state index contributed by atoms with van der Waals surface area (Å²) in [4.78, 5) is 24.0. The van der Waals surface area contributed by atoms with Gasteiger partial charge in [0.1, 0.15) is 5.82 Å². The Morgan fingerprint density at radius 3 is 2.47 bits per heavy atom. The highest BCUT2D eigenvalue weighted by atomic mass is 19.1. The van der Waals surface area contributed by atoms with Gasteiger partial charge in [-0.1, -0.05) is 6.07 Å². The van der Waals surface area contributed by atoms with Crippen LogP contribution >= 0.6 is 0 Å². The molecule has 1 fully saturated rings. The van der Waals surface area contributed by atoms with Crippen LogP contribution in [0.15, 0.2) is 18.2 Å². The van der Waals surface area contributed by atoms with Gasteiger partial charge in [-0.15, -0.1) is 0 Å². The van der Waals surface area contributed by atoms with Gasteiger partial charge in [0, 0.05) is 13.1 Å². The van der Waals surface area contributed by atoms with Crippen LogP contribution in [0.25, 0.3) is 0 Å². The molecule has 0 radical (unpaired) electrons. The van der Waals surface area contributed by atoms with Crippen molar-refractivity contribution in [3.8, 4) is 0 Å². The van der Waals surface area contributed by atoms with Crippen molar-refractivity contribution in [1.29, 1.82) is 0 Å². The van der Waals surface area contributed by atoms with Crippen molar-refractivity contribution in [3.05, 3.63) is 29.6 Å². The number of nitrogens with two attached hydrogens (primary N) is 1. The van der Waals surface area contributed by atoms with E-state index in [1.807, 2.05) is 4.90 Å². The van der Waals surface area contributed by atoms with Crippen molar-refractivity contribution < 1.29 is 19.1 Å². The number of aliphatic carboxylic acids is 1. The molecule has 1 aliphatic rings. The van der Waals surface area contributed by atoms with Crippen molar-refractivity contribution in [2.24, 2.45) is 11.7 Å². The average molecular weight is 266 g/mol. The quantitative estimate of drug-likeness (QED) is 0.861. The van der Waals surface area contributed by atoms with E-state index in [1.54, 1.807) is 6.07 Å². The Morgan fingerprint density at radius 1 is 1.32 bits per heavy atom. The summed E-state index contributed by atoms with van der Waals surface area (Å²) in [5.41, 5.74) is 5.51. The highest BCUT2D eigenvalue weighted by Gasteiger charge is 2.27. The van der Waals surface area contributed by atoms with Gasteiger partial charge in [-0.05, 0) is 25.0 Å². The van der Waals surface area contributed by atoms with Crippen molar-refractivity contribution in [3.63, 3.8) is 0 Å². The number of anilines is 1. The number of hydrogen-bond donors (Lipinski definition) is 2. The second-order valence-corrected chi connectivity index (χ2v) is 4.60. The highest BCUT2D eigenvalue weighted by molar-refractivity contribution is 5.99. The van der Waals surface area contributed by atoms with Gasteiger partial charge in [0.25, 0.3) is 5.91 Å². The molecule has 1 aromatic rings. The van der Waals surface area contributed by atoms with Crippen LogP contribution in [0.1, 0.15) is 23.2 Å². The maximum Gasteiger partial charge on any atom is 0.306 e. The standard InChI is InChI=1S/C13H15FN2O3/c14-9-2-1-3-10(11(9)12(15)17)16-6-4-8(5-7-16)13(18)19/h1-3,8H,4-7H2,(H2,15,17)(H,18,19). The summed E-state index contributed by atoms with van der Waals surface area (Å²) >= 11 is 0. The second-order valence-electron chi connectivity index (χ2n) is 4.60. The van der Waals surface area contributed by atoms with Crippen LogP contribution in [0, 0.1) is 11.7 Å². The summed E-state index contributed by atoms with van der Waals surface area (Å²) in [6.45, 7) is 0.946. The molecule has 0 aliphatic carbocycles. The molecule has 6 heteroatoms. The van der Waals surface area contributed by atoms with E-state index >= 15 is 0 Å². The van der Waals surface area contributed by atoms with Crippen molar-refractivity contribution in [2.75, 3.05) is 18.0 Å². The fourth-order valence-electron chi connectivity index (χ4n) is 2.39. The summed E-state index contributed by atoms with van der Waals surface area (Å²) in [7, 11) is 0. The summed E-state index contributed by atoms with van der Waals surface area (Å²) in [5, 5.41) is 8.93. The monoisotopic (exact) mass is 266 g/mol. The minimum absolute atomic E-state index is 0.128. The number of nitrogens with zero attached hydrogens (tertiary/aromatic N) is 1. The third-order valence-corrected chi connectivity index (χ3v) is 3.42. The van der Waals surface area contributed by atoms with Gasteiger partial charge >= 0.3 is 5.97 Å². The second kappa shape index (κ2) is 5.26. The third-order valence-electron chi connectivity index (χ3n) is 3.42. The third kappa shape index (κ3) is 2.67. The van der Waals surface area contributed by atoms with E-state index in [0.29, 0.717) is 31.6 Å². The molecule has 0 atom stereocenters. The number of carboxylic acids is 1. The van der Waals surface area contributed by atoms with E-state index in [1.165, 1.54) is 12.1 Å². The summed E-state index contributed by atoms with van der Waals surface area (Å²) < 4.78 is 13.6. The lowest BCUT2D eigenvalue weighted by Crippen LogP contribution is -2.37. The van der Waals surface area contributed by atoms with Gasteiger partial charge in [-0.3, -0.25) is 9.59 Å². The number of benzene rings is 1. The van der Waals surface area contributed by atoms with Crippen molar-refractivity contribution >= 4 is 17.6 Å². The Labute approximate surface area is 109 Å². The molecule has 2 rings (SSSR count). The van der Waals surface area contributed by atoms with Crippen LogP contribution in [-0.2, 0) is 4.79 Å². The molecule has 102 valence electrons. The van der Waals surface area contributed by atoms with Crippen LogP contribution in [0.4, 0.5) is 10.1 Å². The Bertz CT molecular complexity index is 511. The first-order chi connectivity index (χ1) is 9.00. The van der Waals surface area contributed by atoms with Gasteiger partial charge in [-0.2, -0.15) is 0 Å². The van der Waals surface area contributed by atoms with Gasteiger partial charge in [0.05, 0.1) is 17.2 Å². The van der Waals surface area contributed by atoms with Crippen LogP contribution < -0.4 is 10.6 Å².